The molecule has 1 amide bonds. The summed E-state index contributed by atoms with van der Waals surface area (Å²) in [6.07, 6.45) is -4.60. The number of amides is 1. The van der Waals surface area contributed by atoms with Crippen LogP contribution in [0.4, 0.5) is 23.2 Å². The number of hydrogen-bond donors (Lipinski definition) is 1. The number of hydrogen-bond acceptors (Lipinski definition) is 3. The Hall–Kier alpha value is -2.12. The second-order valence-electron chi connectivity index (χ2n) is 5.15. The number of Topliss-reactive ketones (excluding diaryl/α,β-unsaturated/α-hetero) is 1. The first-order valence-corrected chi connectivity index (χ1v) is 6.58. The molecule has 1 aliphatic heterocycles. The molecule has 1 atom stereocenters. The number of benzene rings is 1. The van der Waals surface area contributed by atoms with Gasteiger partial charge in [-0.1, -0.05) is 6.07 Å². The normalized spacial score (nSPS) is 18.7. The lowest BCUT2D eigenvalue weighted by Gasteiger charge is -2.19. The van der Waals surface area contributed by atoms with E-state index in [-0.39, 0.29) is 24.2 Å². The van der Waals surface area contributed by atoms with E-state index in [0.29, 0.717) is 4.90 Å². The maximum atomic E-state index is 13.7. The number of ketones is 1. The number of halogens is 4. The molecule has 2 rings (SSSR count). The van der Waals surface area contributed by atoms with Crippen LogP contribution in [0.1, 0.15) is 23.7 Å². The molecule has 0 bridgehead atoms. The van der Waals surface area contributed by atoms with Crippen molar-refractivity contribution in [2.75, 3.05) is 18.4 Å². The highest BCUT2D eigenvalue weighted by atomic mass is 19.4. The maximum Gasteiger partial charge on any atom is 0.406 e. The first-order chi connectivity index (χ1) is 10.2. The van der Waals surface area contributed by atoms with Gasteiger partial charge in [0.05, 0.1) is 11.6 Å². The van der Waals surface area contributed by atoms with Crippen molar-refractivity contribution >= 4 is 17.4 Å². The lowest BCUT2D eigenvalue weighted by molar-refractivity contribution is -0.157. The van der Waals surface area contributed by atoms with E-state index in [0.717, 1.165) is 6.07 Å². The lowest BCUT2D eigenvalue weighted by atomic mass is 10.1. The molecule has 1 saturated heterocycles. The van der Waals surface area contributed by atoms with E-state index in [9.17, 15) is 27.2 Å². The molecule has 1 aliphatic rings. The number of rotatable bonds is 4. The summed E-state index contributed by atoms with van der Waals surface area (Å²) in [6, 6.07) is 3.36. The predicted molar refractivity (Wildman–Crippen MR) is 71.1 cm³/mol. The van der Waals surface area contributed by atoms with Crippen LogP contribution >= 0.6 is 0 Å². The molecule has 1 fully saturated rings. The van der Waals surface area contributed by atoms with Crippen LogP contribution in [0.5, 0.6) is 0 Å². The molecular formula is C14H14F4N2O2. The Kier molecular flexibility index (Phi) is 4.39. The van der Waals surface area contributed by atoms with Crippen molar-refractivity contribution < 1.29 is 27.2 Å². The van der Waals surface area contributed by atoms with Crippen molar-refractivity contribution in [2.24, 2.45) is 0 Å². The van der Waals surface area contributed by atoms with Crippen LogP contribution in [-0.4, -0.2) is 41.9 Å². The van der Waals surface area contributed by atoms with Crippen LogP contribution in [0.2, 0.25) is 0 Å². The van der Waals surface area contributed by atoms with Crippen molar-refractivity contribution in [1.29, 1.82) is 0 Å². The average Bonchev–Trinajstić information content (AvgIpc) is 2.66. The lowest BCUT2D eigenvalue weighted by Crippen LogP contribution is -2.36. The summed E-state index contributed by atoms with van der Waals surface area (Å²) in [5.74, 6) is -1.85. The smallest absolute Gasteiger partial charge is 0.379 e. The van der Waals surface area contributed by atoms with E-state index in [1.165, 1.54) is 19.1 Å². The minimum Gasteiger partial charge on any atom is -0.379 e. The molecule has 0 saturated carbocycles. The van der Waals surface area contributed by atoms with E-state index in [4.69, 9.17) is 0 Å². The number of anilines is 1. The number of carbonyl (C=O) groups is 2. The minimum absolute atomic E-state index is 0.135. The molecule has 1 aromatic rings. The number of likely N-dealkylation sites (tertiary alicyclic amines) is 1. The summed E-state index contributed by atoms with van der Waals surface area (Å²) < 4.78 is 50.7. The molecular weight excluding hydrogens is 304 g/mol. The minimum atomic E-state index is -4.46. The Balaban J connectivity index is 2.12. The van der Waals surface area contributed by atoms with Gasteiger partial charge in [-0.25, -0.2) is 4.39 Å². The Morgan fingerprint density at radius 2 is 2.09 bits per heavy atom. The standard InChI is InChI=1S/C14H14F4N2O2/c1-8(21)13-10(15)3-2-4-11(13)19-9-5-12(22)20(6-9)7-14(16,17)18/h2-4,9,19H,5-7H2,1H3/t9-/m1/s1. The van der Waals surface area contributed by atoms with E-state index in [2.05, 4.69) is 5.32 Å². The van der Waals surface area contributed by atoms with Crippen molar-refractivity contribution in [3.63, 3.8) is 0 Å². The molecule has 1 heterocycles. The van der Waals surface area contributed by atoms with E-state index in [1.54, 1.807) is 0 Å². The van der Waals surface area contributed by atoms with Crippen LogP contribution in [0.15, 0.2) is 18.2 Å². The Labute approximate surface area is 124 Å². The molecule has 0 aliphatic carbocycles. The first kappa shape index (κ1) is 16.3. The second-order valence-corrected chi connectivity index (χ2v) is 5.15. The third kappa shape index (κ3) is 3.75. The topological polar surface area (TPSA) is 49.4 Å². The number of nitrogens with one attached hydrogen (secondary N) is 1. The molecule has 22 heavy (non-hydrogen) atoms. The quantitative estimate of drug-likeness (QED) is 0.686. The summed E-state index contributed by atoms with van der Waals surface area (Å²) in [4.78, 5) is 23.8. The molecule has 4 nitrogen and oxygen atoms in total. The van der Waals surface area contributed by atoms with Gasteiger partial charge < -0.3 is 10.2 Å². The van der Waals surface area contributed by atoms with Crippen molar-refractivity contribution in [3.8, 4) is 0 Å². The van der Waals surface area contributed by atoms with Gasteiger partial charge in [-0.3, -0.25) is 9.59 Å². The summed E-state index contributed by atoms with van der Waals surface area (Å²) >= 11 is 0. The van der Waals surface area contributed by atoms with Gasteiger partial charge in [-0.15, -0.1) is 0 Å². The van der Waals surface area contributed by atoms with E-state index in [1.807, 2.05) is 0 Å². The fourth-order valence-electron chi connectivity index (χ4n) is 2.46. The van der Waals surface area contributed by atoms with Gasteiger partial charge in [0.15, 0.2) is 5.78 Å². The third-order valence-corrected chi connectivity index (χ3v) is 3.31. The fraction of sp³-hybridized carbons (Fsp3) is 0.429. The zero-order chi connectivity index (χ0) is 16.5. The van der Waals surface area contributed by atoms with Gasteiger partial charge in [0.2, 0.25) is 5.91 Å². The Bertz CT molecular complexity index is 601. The molecule has 0 unspecified atom stereocenters. The maximum absolute atomic E-state index is 13.7. The molecule has 0 spiro atoms. The zero-order valence-corrected chi connectivity index (χ0v) is 11.7. The molecule has 1 aromatic carbocycles. The predicted octanol–water partition coefficient (Wildman–Crippen LogP) is 2.60. The summed E-state index contributed by atoms with van der Waals surface area (Å²) in [7, 11) is 0. The van der Waals surface area contributed by atoms with Crippen LogP contribution in [0.25, 0.3) is 0 Å². The summed E-state index contributed by atoms with van der Waals surface area (Å²) in [5.41, 5.74) is 0.0170. The van der Waals surface area contributed by atoms with Gasteiger partial charge in [0.25, 0.3) is 0 Å². The Morgan fingerprint density at radius 1 is 1.41 bits per heavy atom. The van der Waals surface area contributed by atoms with Gasteiger partial charge in [0.1, 0.15) is 12.4 Å². The average molecular weight is 318 g/mol. The number of nitrogens with zero attached hydrogens (tertiary/aromatic N) is 1. The van der Waals surface area contributed by atoms with Gasteiger partial charge in [-0.2, -0.15) is 13.2 Å². The highest BCUT2D eigenvalue weighted by molar-refractivity contribution is 6.00. The molecule has 1 N–H and O–H groups in total. The second kappa shape index (κ2) is 5.94. The van der Waals surface area contributed by atoms with Crippen LogP contribution in [-0.2, 0) is 4.79 Å². The number of alkyl halides is 3. The summed E-state index contributed by atoms with van der Waals surface area (Å²) in [6.45, 7) is -0.266. The highest BCUT2D eigenvalue weighted by Crippen LogP contribution is 2.25. The molecule has 0 aromatic heterocycles. The summed E-state index contributed by atoms with van der Waals surface area (Å²) in [5, 5.41) is 2.79. The Morgan fingerprint density at radius 3 is 2.68 bits per heavy atom. The molecule has 8 heteroatoms. The SMILES string of the molecule is CC(=O)c1c(F)cccc1N[C@@H]1CC(=O)N(CC(F)(F)F)C1. The third-order valence-electron chi connectivity index (χ3n) is 3.31. The zero-order valence-electron chi connectivity index (χ0n) is 11.7. The number of carbonyl (C=O) groups excluding carboxylic acids is 2. The monoisotopic (exact) mass is 318 g/mol. The highest BCUT2D eigenvalue weighted by Gasteiger charge is 2.38. The van der Waals surface area contributed by atoms with Gasteiger partial charge >= 0.3 is 6.18 Å². The van der Waals surface area contributed by atoms with Crippen LogP contribution < -0.4 is 5.32 Å². The van der Waals surface area contributed by atoms with Crippen molar-refractivity contribution in [1.82, 2.24) is 4.90 Å². The van der Waals surface area contributed by atoms with Crippen molar-refractivity contribution in [2.45, 2.75) is 25.6 Å². The first-order valence-electron chi connectivity index (χ1n) is 6.58. The van der Waals surface area contributed by atoms with E-state index >= 15 is 0 Å². The van der Waals surface area contributed by atoms with Gasteiger partial charge in [0, 0.05) is 18.7 Å². The van der Waals surface area contributed by atoms with E-state index < -0.39 is 36.3 Å². The van der Waals surface area contributed by atoms with Crippen LogP contribution in [0.3, 0.4) is 0 Å². The fourth-order valence-corrected chi connectivity index (χ4v) is 2.46. The molecule has 0 radical (unpaired) electrons. The van der Waals surface area contributed by atoms with Gasteiger partial charge in [-0.05, 0) is 19.1 Å². The van der Waals surface area contributed by atoms with Crippen molar-refractivity contribution in [3.05, 3.63) is 29.6 Å². The molecule has 120 valence electrons. The van der Waals surface area contributed by atoms with Crippen LogP contribution in [0, 0.1) is 5.82 Å². The largest absolute Gasteiger partial charge is 0.406 e.